The van der Waals surface area contributed by atoms with Crippen LogP contribution in [-0.2, 0) is 4.79 Å². The summed E-state index contributed by atoms with van der Waals surface area (Å²) < 4.78 is 6.47. The lowest BCUT2D eigenvalue weighted by atomic mass is 10.1. The summed E-state index contributed by atoms with van der Waals surface area (Å²) >= 11 is 3.49. The fourth-order valence-corrected chi connectivity index (χ4v) is 4.36. The van der Waals surface area contributed by atoms with E-state index in [9.17, 15) is 4.79 Å². The highest BCUT2D eigenvalue weighted by Crippen LogP contribution is 2.33. The largest absolute Gasteiger partial charge is 0.494 e. The van der Waals surface area contributed by atoms with Crippen molar-refractivity contribution in [2.45, 2.75) is 25.7 Å². The van der Waals surface area contributed by atoms with Crippen LogP contribution in [0.2, 0.25) is 0 Å². The lowest BCUT2D eigenvalue weighted by Crippen LogP contribution is -2.30. The topological polar surface area (TPSA) is 79.4 Å². The number of carbonyl (C=O) groups excluding carboxylic acids is 1. The Morgan fingerprint density at radius 3 is 2.82 bits per heavy atom. The SMILES string of the molecule is COc1cc2ncnc(Nc3cccc(Br)c3)c2cc1NC(=O)C=CCCN1CCCCC1. The maximum atomic E-state index is 12.6. The van der Waals surface area contributed by atoms with Crippen molar-refractivity contribution >= 4 is 49.9 Å². The first-order valence-corrected chi connectivity index (χ1v) is 12.0. The Morgan fingerprint density at radius 2 is 2.03 bits per heavy atom. The van der Waals surface area contributed by atoms with Crippen LogP contribution >= 0.6 is 15.9 Å². The second-order valence-corrected chi connectivity index (χ2v) is 8.93. The number of methoxy groups -OCH3 is 1. The summed E-state index contributed by atoms with van der Waals surface area (Å²) in [6, 6.07) is 11.5. The van der Waals surface area contributed by atoms with Crippen LogP contribution in [0, 0.1) is 0 Å². The first-order valence-electron chi connectivity index (χ1n) is 11.2. The molecule has 0 spiro atoms. The Labute approximate surface area is 202 Å². The van der Waals surface area contributed by atoms with Gasteiger partial charge in [-0.2, -0.15) is 0 Å². The minimum absolute atomic E-state index is 0.190. The van der Waals surface area contributed by atoms with Gasteiger partial charge in [-0.1, -0.05) is 34.5 Å². The maximum Gasteiger partial charge on any atom is 0.248 e. The van der Waals surface area contributed by atoms with Crippen molar-refractivity contribution in [3.05, 3.63) is 59.4 Å². The van der Waals surface area contributed by atoms with E-state index in [0.717, 1.165) is 47.1 Å². The summed E-state index contributed by atoms with van der Waals surface area (Å²) in [6.07, 6.45) is 9.76. The normalized spacial score (nSPS) is 14.5. The molecule has 1 aromatic heterocycles. The quantitative estimate of drug-likeness (QED) is 0.389. The molecule has 1 aliphatic heterocycles. The molecular weight excluding hydrogens is 482 g/mol. The molecule has 0 saturated carbocycles. The van der Waals surface area contributed by atoms with Crippen LogP contribution in [0.1, 0.15) is 25.7 Å². The van der Waals surface area contributed by atoms with Crippen LogP contribution in [0.3, 0.4) is 0 Å². The molecule has 8 heteroatoms. The summed E-state index contributed by atoms with van der Waals surface area (Å²) in [5, 5.41) is 7.04. The molecule has 4 rings (SSSR count). The molecule has 1 saturated heterocycles. The van der Waals surface area contributed by atoms with Gasteiger partial charge >= 0.3 is 0 Å². The molecule has 1 amide bonds. The van der Waals surface area contributed by atoms with Crippen LogP contribution in [0.4, 0.5) is 17.2 Å². The number of likely N-dealkylation sites (tertiary alicyclic amines) is 1. The van der Waals surface area contributed by atoms with E-state index in [0.29, 0.717) is 17.3 Å². The molecule has 33 heavy (non-hydrogen) atoms. The minimum atomic E-state index is -0.190. The van der Waals surface area contributed by atoms with E-state index in [1.807, 2.05) is 36.4 Å². The lowest BCUT2D eigenvalue weighted by molar-refractivity contribution is -0.111. The Balaban J connectivity index is 1.49. The van der Waals surface area contributed by atoms with Gasteiger partial charge < -0.3 is 20.3 Å². The van der Waals surface area contributed by atoms with Crippen molar-refractivity contribution < 1.29 is 9.53 Å². The zero-order valence-corrected chi connectivity index (χ0v) is 20.3. The zero-order valence-electron chi connectivity index (χ0n) is 18.7. The van der Waals surface area contributed by atoms with Crippen molar-refractivity contribution in [2.24, 2.45) is 0 Å². The van der Waals surface area contributed by atoms with Gasteiger partial charge in [-0.3, -0.25) is 4.79 Å². The third-order valence-corrected chi connectivity index (χ3v) is 6.12. The van der Waals surface area contributed by atoms with Gasteiger partial charge in [0.15, 0.2) is 0 Å². The number of aromatic nitrogens is 2. The number of hydrogen-bond acceptors (Lipinski definition) is 6. The number of hydrogen-bond donors (Lipinski definition) is 2. The van der Waals surface area contributed by atoms with Gasteiger partial charge in [0.25, 0.3) is 0 Å². The first kappa shape index (κ1) is 23.2. The molecule has 1 fully saturated rings. The molecule has 2 N–H and O–H groups in total. The third-order valence-electron chi connectivity index (χ3n) is 5.63. The highest BCUT2D eigenvalue weighted by atomic mass is 79.9. The predicted molar refractivity (Wildman–Crippen MR) is 136 cm³/mol. The van der Waals surface area contributed by atoms with Gasteiger partial charge in [0.1, 0.15) is 17.9 Å². The Kier molecular flexibility index (Phi) is 7.91. The van der Waals surface area contributed by atoms with Crippen molar-refractivity contribution in [3.63, 3.8) is 0 Å². The van der Waals surface area contributed by atoms with Crippen molar-refractivity contribution in [3.8, 4) is 5.75 Å². The van der Waals surface area contributed by atoms with Crippen LogP contribution in [0.25, 0.3) is 10.9 Å². The van der Waals surface area contributed by atoms with E-state index in [-0.39, 0.29) is 5.91 Å². The fraction of sp³-hybridized carbons (Fsp3) is 0.320. The number of carbonyl (C=O) groups is 1. The summed E-state index contributed by atoms with van der Waals surface area (Å²) in [4.78, 5) is 23.8. The molecule has 172 valence electrons. The molecule has 1 aliphatic rings. The summed E-state index contributed by atoms with van der Waals surface area (Å²) in [5.41, 5.74) is 2.18. The average Bonchev–Trinajstić information content (AvgIpc) is 2.82. The van der Waals surface area contributed by atoms with Gasteiger partial charge in [0.05, 0.1) is 18.3 Å². The van der Waals surface area contributed by atoms with Crippen molar-refractivity contribution in [2.75, 3.05) is 37.4 Å². The van der Waals surface area contributed by atoms with E-state index in [4.69, 9.17) is 4.74 Å². The number of halogens is 1. The summed E-state index contributed by atoms with van der Waals surface area (Å²) in [6.45, 7) is 3.31. The molecule has 0 atom stereocenters. The highest BCUT2D eigenvalue weighted by Gasteiger charge is 2.13. The average molecular weight is 510 g/mol. The number of fused-ring (bicyclic) bond motifs is 1. The number of rotatable bonds is 8. The van der Waals surface area contributed by atoms with E-state index in [1.54, 1.807) is 19.3 Å². The molecule has 2 aromatic carbocycles. The Hall–Kier alpha value is -2.97. The number of nitrogens with one attached hydrogen (secondary N) is 2. The van der Waals surface area contributed by atoms with Crippen molar-refractivity contribution in [1.29, 1.82) is 0 Å². The van der Waals surface area contributed by atoms with Crippen LogP contribution < -0.4 is 15.4 Å². The summed E-state index contributed by atoms with van der Waals surface area (Å²) in [7, 11) is 1.58. The number of amides is 1. The number of anilines is 3. The third kappa shape index (κ3) is 6.30. The lowest BCUT2D eigenvalue weighted by Gasteiger charge is -2.25. The monoisotopic (exact) mass is 509 g/mol. The molecule has 0 bridgehead atoms. The molecular formula is C25H28BrN5O2. The maximum absolute atomic E-state index is 12.6. The number of ether oxygens (including phenoxy) is 1. The molecule has 0 aliphatic carbocycles. The molecule has 7 nitrogen and oxygen atoms in total. The second-order valence-electron chi connectivity index (χ2n) is 8.01. The minimum Gasteiger partial charge on any atom is -0.494 e. The van der Waals surface area contributed by atoms with Gasteiger partial charge in [-0.25, -0.2) is 9.97 Å². The Bertz CT molecular complexity index is 1140. The first-order chi connectivity index (χ1) is 16.1. The molecule has 0 radical (unpaired) electrons. The van der Waals surface area contributed by atoms with Crippen molar-refractivity contribution in [1.82, 2.24) is 14.9 Å². The number of piperidine rings is 1. The van der Waals surface area contributed by atoms with Gasteiger partial charge in [-0.05, 0) is 62.7 Å². The van der Waals surface area contributed by atoms with E-state index < -0.39 is 0 Å². The zero-order chi connectivity index (χ0) is 23.0. The van der Waals surface area contributed by atoms with Crippen LogP contribution in [0.15, 0.2) is 59.4 Å². The van der Waals surface area contributed by atoms with E-state index in [2.05, 4.69) is 41.4 Å². The molecule has 0 unspecified atom stereocenters. The number of benzene rings is 2. The van der Waals surface area contributed by atoms with Gasteiger partial charge in [0.2, 0.25) is 5.91 Å². The van der Waals surface area contributed by atoms with Crippen LogP contribution in [0.5, 0.6) is 5.75 Å². The molecule has 3 aromatic rings. The number of nitrogens with zero attached hydrogens (tertiary/aromatic N) is 3. The molecule has 2 heterocycles. The summed E-state index contributed by atoms with van der Waals surface area (Å²) in [5.74, 6) is 1.00. The van der Waals surface area contributed by atoms with Gasteiger partial charge in [-0.15, -0.1) is 0 Å². The smallest absolute Gasteiger partial charge is 0.248 e. The fourth-order valence-electron chi connectivity index (χ4n) is 3.96. The second kappa shape index (κ2) is 11.2. The van der Waals surface area contributed by atoms with Gasteiger partial charge in [0, 0.05) is 28.2 Å². The van der Waals surface area contributed by atoms with E-state index >= 15 is 0 Å². The predicted octanol–water partition coefficient (Wildman–Crippen LogP) is 5.52. The van der Waals surface area contributed by atoms with E-state index in [1.165, 1.54) is 25.6 Å². The Morgan fingerprint density at radius 1 is 1.18 bits per heavy atom. The highest BCUT2D eigenvalue weighted by molar-refractivity contribution is 9.10. The van der Waals surface area contributed by atoms with Crippen LogP contribution in [-0.4, -0.2) is 47.5 Å². The standard InChI is InChI=1S/C25H28BrN5O2/c1-33-23-16-21-20(25(28-17-27-21)29-19-9-7-8-18(26)14-19)15-22(23)30-24(32)10-3-6-13-31-11-4-2-5-12-31/h3,7-10,14-17H,2,4-6,11-13H2,1H3,(H,30,32)(H,27,28,29).